The molecule has 6 heterocycles. The summed E-state index contributed by atoms with van der Waals surface area (Å²) in [6.07, 6.45) is 9.44. The fraction of sp³-hybridized carbons (Fsp3) is 0.526. The number of benzene rings is 1. The second-order valence-corrected chi connectivity index (χ2v) is 15.9. The number of aryl methyl sites for hydroxylation is 2. The summed E-state index contributed by atoms with van der Waals surface area (Å²) >= 11 is 3.43. The molecule has 0 radical (unpaired) electrons. The molecular weight excluding hydrogens is 712 g/mol. The Morgan fingerprint density at radius 3 is 2.35 bits per heavy atom. The predicted molar refractivity (Wildman–Crippen MR) is 199 cm³/mol. The Morgan fingerprint density at radius 1 is 0.961 bits per heavy atom. The van der Waals surface area contributed by atoms with Gasteiger partial charge in [-0.15, -0.1) is 0 Å². The summed E-state index contributed by atoms with van der Waals surface area (Å²) in [7, 11) is 3.75. The monoisotopic (exact) mass is 758 g/mol. The SMILES string of the molecule is Cc1cc(C2CCC(=O)NC2=O)cnc1N1CCC2(CCN(C(=O)c3ccc(C4CC(Nc5cnn(C)c(=O)c5Br)CN(C)C4)cc3)CC2)CC1. The van der Waals surface area contributed by atoms with Crippen molar-refractivity contribution in [1.82, 2.24) is 29.9 Å². The third kappa shape index (κ3) is 7.46. The Balaban J connectivity index is 0.912. The summed E-state index contributed by atoms with van der Waals surface area (Å²) in [5.74, 6) is 0.609. The third-order valence-electron chi connectivity index (χ3n) is 11.6. The molecule has 4 aliphatic rings. The average Bonchev–Trinajstić information content (AvgIpc) is 3.12. The first-order chi connectivity index (χ1) is 24.5. The molecule has 3 aromatic rings. The molecule has 2 aromatic heterocycles. The van der Waals surface area contributed by atoms with Crippen molar-refractivity contribution < 1.29 is 14.4 Å². The van der Waals surface area contributed by atoms with Crippen molar-refractivity contribution in [3.63, 3.8) is 0 Å². The van der Waals surface area contributed by atoms with Crippen LogP contribution in [0.25, 0.3) is 0 Å². The maximum atomic E-state index is 13.6. The number of pyridine rings is 1. The topological polar surface area (TPSA) is 133 Å². The fourth-order valence-corrected chi connectivity index (χ4v) is 9.05. The number of aromatic nitrogens is 3. The first kappa shape index (κ1) is 35.3. The first-order valence-electron chi connectivity index (χ1n) is 18.1. The number of hydrogen-bond donors (Lipinski definition) is 2. The van der Waals surface area contributed by atoms with Gasteiger partial charge in [0, 0.05) is 70.5 Å². The zero-order chi connectivity index (χ0) is 35.9. The normalized spacial score (nSPS) is 24.0. The lowest BCUT2D eigenvalue weighted by Crippen LogP contribution is -2.48. The van der Waals surface area contributed by atoms with Gasteiger partial charge in [0.25, 0.3) is 11.5 Å². The van der Waals surface area contributed by atoms with E-state index in [2.05, 4.69) is 73.6 Å². The number of hydrogen-bond acceptors (Lipinski definition) is 9. The molecule has 4 aliphatic heterocycles. The number of halogens is 1. The van der Waals surface area contributed by atoms with Gasteiger partial charge in [-0.2, -0.15) is 5.10 Å². The molecule has 4 saturated heterocycles. The first-order valence-corrected chi connectivity index (χ1v) is 18.9. The summed E-state index contributed by atoms with van der Waals surface area (Å²) in [5.41, 5.74) is 4.65. The van der Waals surface area contributed by atoms with Gasteiger partial charge >= 0.3 is 0 Å². The van der Waals surface area contributed by atoms with Gasteiger partial charge in [0.1, 0.15) is 10.3 Å². The molecule has 0 bridgehead atoms. The number of piperidine rings is 4. The van der Waals surface area contributed by atoms with E-state index in [0.29, 0.717) is 28.9 Å². The van der Waals surface area contributed by atoms with Crippen molar-refractivity contribution in [3.8, 4) is 0 Å². The fourth-order valence-electron chi connectivity index (χ4n) is 8.58. The minimum atomic E-state index is -0.325. The summed E-state index contributed by atoms with van der Waals surface area (Å²) in [6.45, 7) is 7.22. The molecule has 2 N–H and O–H groups in total. The molecule has 7 rings (SSSR count). The van der Waals surface area contributed by atoms with Crippen molar-refractivity contribution in [2.24, 2.45) is 12.5 Å². The predicted octanol–water partition coefficient (Wildman–Crippen LogP) is 4.19. The summed E-state index contributed by atoms with van der Waals surface area (Å²) < 4.78 is 1.80. The van der Waals surface area contributed by atoms with E-state index in [4.69, 9.17) is 4.98 Å². The molecule has 270 valence electrons. The number of nitrogens with one attached hydrogen (secondary N) is 2. The maximum Gasteiger partial charge on any atom is 0.282 e. The van der Waals surface area contributed by atoms with Gasteiger partial charge in [0.15, 0.2) is 0 Å². The Kier molecular flexibility index (Phi) is 10.0. The summed E-state index contributed by atoms with van der Waals surface area (Å²) in [4.78, 5) is 61.4. The number of amides is 3. The van der Waals surface area contributed by atoms with Gasteiger partial charge in [0.05, 0.1) is 17.8 Å². The van der Waals surface area contributed by atoms with Crippen molar-refractivity contribution in [2.75, 3.05) is 56.5 Å². The second kappa shape index (κ2) is 14.5. The molecule has 51 heavy (non-hydrogen) atoms. The number of likely N-dealkylation sites (N-methyl/N-ethyl adjacent to an activating group) is 1. The molecule has 12 nitrogen and oxygen atoms in total. The molecular formula is C38H47BrN8O4. The molecule has 1 spiro atoms. The number of carbonyl (C=O) groups is 3. The lowest BCUT2D eigenvalue weighted by molar-refractivity contribution is -0.134. The van der Waals surface area contributed by atoms with Crippen LogP contribution in [0.15, 0.2) is 52.0 Å². The molecule has 0 saturated carbocycles. The van der Waals surface area contributed by atoms with Crippen LogP contribution in [0.4, 0.5) is 11.5 Å². The molecule has 3 unspecified atom stereocenters. The van der Waals surface area contributed by atoms with E-state index in [1.165, 1.54) is 10.2 Å². The smallest absolute Gasteiger partial charge is 0.282 e. The van der Waals surface area contributed by atoms with Gasteiger partial charge in [-0.05, 0) is 109 Å². The minimum absolute atomic E-state index is 0.105. The Morgan fingerprint density at radius 2 is 1.67 bits per heavy atom. The van der Waals surface area contributed by atoms with Gasteiger partial charge in [-0.3, -0.25) is 24.5 Å². The maximum absolute atomic E-state index is 13.6. The Labute approximate surface area is 307 Å². The quantitative estimate of drug-likeness (QED) is 0.356. The number of likely N-dealkylation sites (tertiary alicyclic amines) is 2. The number of imide groups is 1. The zero-order valence-corrected chi connectivity index (χ0v) is 31.2. The van der Waals surface area contributed by atoms with E-state index in [1.54, 1.807) is 19.4 Å². The highest BCUT2D eigenvalue weighted by Gasteiger charge is 2.39. The van der Waals surface area contributed by atoms with E-state index in [1.807, 2.05) is 17.0 Å². The van der Waals surface area contributed by atoms with Crippen molar-refractivity contribution in [2.45, 2.75) is 69.7 Å². The number of nitrogens with zero attached hydrogens (tertiary/aromatic N) is 6. The molecule has 3 amide bonds. The lowest BCUT2D eigenvalue weighted by Gasteiger charge is -2.47. The minimum Gasteiger partial charge on any atom is -0.379 e. The van der Waals surface area contributed by atoms with Crippen LogP contribution in [0.2, 0.25) is 0 Å². The van der Waals surface area contributed by atoms with Crippen molar-refractivity contribution in [1.29, 1.82) is 0 Å². The van der Waals surface area contributed by atoms with E-state index < -0.39 is 0 Å². The van der Waals surface area contributed by atoms with Crippen LogP contribution >= 0.6 is 15.9 Å². The lowest BCUT2D eigenvalue weighted by atomic mass is 9.71. The Bertz CT molecular complexity index is 1860. The highest BCUT2D eigenvalue weighted by Crippen LogP contribution is 2.43. The third-order valence-corrected chi connectivity index (χ3v) is 12.4. The van der Waals surface area contributed by atoms with Crippen LogP contribution in [0.3, 0.4) is 0 Å². The van der Waals surface area contributed by atoms with Gasteiger partial charge in [0.2, 0.25) is 11.8 Å². The van der Waals surface area contributed by atoms with Crippen LogP contribution in [-0.4, -0.2) is 94.6 Å². The van der Waals surface area contributed by atoms with Crippen LogP contribution in [-0.2, 0) is 16.6 Å². The van der Waals surface area contributed by atoms with Crippen LogP contribution in [0.1, 0.15) is 83.8 Å². The second-order valence-electron chi connectivity index (χ2n) is 15.1. The highest BCUT2D eigenvalue weighted by molar-refractivity contribution is 9.10. The summed E-state index contributed by atoms with van der Waals surface area (Å²) in [6, 6.07) is 10.4. The van der Waals surface area contributed by atoms with Crippen LogP contribution in [0, 0.1) is 12.3 Å². The number of rotatable bonds is 6. The average molecular weight is 760 g/mol. The van der Waals surface area contributed by atoms with E-state index in [0.717, 1.165) is 93.9 Å². The molecule has 0 aliphatic carbocycles. The van der Waals surface area contributed by atoms with Gasteiger partial charge < -0.3 is 20.0 Å². The van der Waals surface area contributed by atoms with Crippen LogP contribution in [0.5, 0.6) is 0 Å². The largest absolute Gasteiger partial charge is 0.379 e. The van der Waals surface area contributed by atoms with Crippen molar-refractivity contribution in [3.05, 3.63) is 79.8 Å². The zero-order valence-electron chi connectivity index (χ0n) is 29.7. The molecule has 3 atom stereocenters. The molecule has 1 aromatic carbocycles. The Hall–Kier alpha value is -4.10. The van der Waals surface area contributed by atoms with Crippen LogP contribution < -0.4 is 21.1 Å². The summed E-state index contributed by atoms with van der Waals surface area (Å²) in [5, 5.41) is 10.1. The van der Waals surface area contributed by atoms with E-state index >= 15 is 0 Å². The van der Waals surface area contributed by atoms with Crippen molar-refractivity contribution >= 4 is 45.2 Å². The van der Waals surface area contributed by atoms with Gasteiger partial charge in [-0.1, -0.05) is 18.2 Å². The molecule has 4 fully saturated rings. The number of anilines is 2. The highest BCUT2D eigenvalue weighted by atomic mass is 79.9. The van der Waals surface area contributed by atoms with E-state index in [-0.39, 0.29) is 40.7 Å². The number of carbonyl (C=O) groups excluding carboxylic acids is 3. The van der Waals surface area contributed by atoms with E-state index in [9.17, 15) is 19.2 Å². The van der Waals surface area contributed by atoms with Gasteiger partial charge in [-0.25, -0.2) is 9.67 Å². The standard InChI is InChI=1S/C38H47BrN8O4/c1-24-18-27(30-8-9-32(48)43-35(30)49)20-40-34(24)46-14-10-38(11-15-46)12-16-47(17-13-38)36(50)26-6-4-25(5-7-26)28-19-29(23-44(2)22-28)42-31-21-41-45(3)37(51)33(31)39/h4-7,18,20-21,28-30,42H,8-17,19,22-23H2,1-3H3,(H,43,48,49). The molecule has 13 heteroatoms.